The van der Waals surface area contributed by atoms with Crippen LogP contribution in [0.2, 0.25) is 0 Å². The first-order chi connectivity index (χ1) is 15.4. The minimum atomic E-state index is -4.62. The highest BCUT2D eigenvalue weighted by molar-refractivity contribution is 7.98. The van der Waals surface area contributed by atoms with Crippen LogP contribution in [0.3, 0.4) is 0 Å². The third kappa shape index (κ3) is 4.62. The highest BCUT2D eigenvalue weighted by atomic mass is 32.2. The predicted octanol–water partition coefficient (Wildman–Crippen LogP) is 5.30. The average molecular weight is 459 g/mol. The second-order valence-electron chi connectivity index (χ2n) is 7.48. The van der Waals surface area contributed by atoms with Gasteiger partial charge in [-0.05, 0) is 36.8 Å². The molecule has 0 unspecified atom stereocenters. The van der Waals surface area contributed by atoms with Crippen LogP contribution in [0.15, 0.2) is 59.9 Å². The van der Waals surface area contributed by atoms with Crippen molar-refractivity contribution in [3.63, 3.8) is 0 Å². The van der Waals surface area contributed by atoms with E-state index < -0.39 is 12.0 Å². The number of hydrogen-bond acceptors (Lipinski definition) is 5. The molecule has 9 heteroatoms. The first-order valence-corrected chi connectivity index (χ1v) is 11.4. The van der Waals surface area contributed by atoms with E-state index in [9.17, 15) is 18.0 Å². The van der Waals surface area contributed by atoms with Gasteiger partial charge in [0.2, 0.25) is 5.82 Å². The third-order valence-electron chi connectivity index (χ3n) is 5.52. The lowest BCUT2D eigenvalue weighted by molar-refractivity contribution is -0.145. The third-order valence-corrected chi connectivity index (χ3v) is 6.23. The Balaban J connectivity index is 1.59. The summed E-state index contributed by atoms with van der Waals surface area (Å²) in [4.78, 5) is 26.5. The van der Waals surface area contributed by atoms with Gasteiger partial charge in [0.25, 0.3) is 5.91 Å². The number of halogens is 3. The van der Waals surface area contributed by atoms with Gasteiger partial charge in [0.1, 0.15) is 5.03 Å². The van der Waals surface area contributed by atoms with Crippen LogP contribution in [0.4, 0.5) is 13.2 Å². The van der Waals surface area contributed by atoms with Crippen molar-refractivity contribution in [2.24, 2.45) is 0 Å². The molecule has 166 valence electrons. The van der Waals surface area contributed by atoms with Gasteiger partial charge < -0.3 is 4.90 Å². The molecule has 4 rings (SSSR count). The van der Waals surface area contributed by atoms with Gasteiger partial charge in [0, 0.05) is 37.0 Å². The van der Waals surface area contributed by atoms with Crippen molar-refractivity contribution in [1.29, 1.82) is 0 Å². The number of piperidine rings is 1. The van der Waals surface area contributed by atoms with Gasteiger partial charge in [-0.25, -0.2) is 15.0 Å². The van der Waals surface area contributed by atoms with Crippen molar-refractivity contribution in [2.45, 2.75) is 30.0 Å². The van der Waals surface area contributed by atoms with Crippen molar-refractivity contribution in [1.82, 2.24) is 19.9 Å². The molecule has 0 radical (unpaired) electrons. The molecule has 2 aromatic heterocycles. The molecule has 1 fully saturated rings. The number of aromatic nitrogens is 3. The molecule has 0 spiro atoms. The maximum atomic E-state index is 13.3. The van der Waals surface area contributed by atoms with Gasteiger partial charge in [0.15, 0.2) is 0 Å². The molecule has 1 aliphatic rings. The van der Waals surface area contributed by atoms with E-state index in [1.807, 2.05) is 36.6 Å². The highest BCUT2D eigenvalue weighted by Gasteiger charge is 2.37. The molecule has 3 aromatic rings. The zero-order valence-corrected chi connectivity index (χ0v) is 18.2. The highest BCUT2D eigenvalue weighted by Crippen LogP contribution is 2.36. The summed E-state index contributed by atoms with van der Waals surface area (Å²) in [5, 5.41) is 0.664. The first-order valence-electron chi connectivity index (χ1n) is 10.2. The second-order valence-corrected chi connectivity index (χ2v) is 8.28. The SMILES string of the molecule is CSc1ncccc1C(=O)N1CCC(c2nc(C(F)(F)F)ncc2-c2ccccc2)CC1. The number of thioether (sulfide) groups is 1. The Morgan fingerprint density at radius 2 is 1.78 bits per heavy atom. The van der Waals surface area contributed by atoms with Gasteiger partial charge in [-0.1, -0.05) is 30.3 Å². The van der Waals surface area contributed by atoms with Gasteiger partial charge >= 0.3 is 6.18 Å². The summed E-state index contributed by atoms with van der Waals surface area (Å²) in [6, 6.07) is 12.6. The summed E-state index contributed by atoms with van der Waals surface area (Å²) in [5.41, 5.74) is 2.30. The van der Waals surface area contributed by atoms with E-state index >= 15 is 0 Å². The number of amides is 1. The average Bonchev–Trinajstić information content (AvgIpc) is 2.83. The molecule has 0 saturated carbocycles. The molecule has 1 aliphatic heterocycles. The van der Waals surface area contributed by atoms with Crippen molar-refractivity contribution >= 4 is 17.7 Å². The summed E-state index contributed by atoms with van der Waals surface area (Å²) >= 11 is 1.41. The summed E-state index contributed by atoms with van der Waals surface area (Å²) in [5.74, 6) is -1.44. The van der Waals surface area contributed by atoms with E-state index in [0.29, 0.717) is 47.8 Å². The Labute approximate surface area is 188 Å². The maximum absolute atomic E-state index is 13.3. The number of likely N-dealkylation sites (tertiary alicyclic amines) is 1. The standard InChI is InChI=1S/C23H21F3N4OS/c1-32-20-17(8-5-11-27-20)21(31)30-12-9-16(10-13-30)19-18(15-6-3-2-4-7-15)14-28-22(29-19)23(24,25)26/h2-8,11,14,16H,9-10,12-13H2,1H3. The maximum Gasteiger partial charge on any atom is 0.451 e. The number of hydrogen-bond donors (Lipinski definition) is 0. The van der Waals surface area contributed by atoms with Crippen LogP contribution in [-0.2, 0) is 6.18 Å². The van der Waals surface area contributed by atoms with Crippen LogP contribution >= 0.6 is 11.8 Å². The molecule has 1 aromatic carbocycles. The Bertz CT molecular complexity index is 1100. The topological polar surface area (TPSA) is 59.0 Å². The number of carbonyl (C=O) groups excluding carboxylic acids is 1. The van der Waals surface area contributed by atoms with E-state index in [4.69, 9.17) is 0 Å². The summed E-state index contributed by atoms with van der Waals surface area (Å²) in [7, 11) is 0. The fourth-order valence-electron chi connectivity index (χ4n) is 3.93. The van der Waals surface area contributed by atoms with Gasteiger partial charge in [-0.2, -0.15) is 13.2 Å². The molecule has 1 amide bonds. The van der Waals surface area contributed by atoms with Gasteiger partial charge in [-0.3, -0.25) is 4.79 Å². The van der Waals surface area contributed by atoms with Gasteiger partial charge in [0.05, 0.1) is 11.3 Å². The second kappa shape index (κ2) is 9.28. The van der Waals surface area contributed by atoms with Crippen LogP contribution in [0.1, 0.15) is 40.6 Å². The molecule has 3 heterocycles. The summed E-state index contributed by atoms with van der Waals surface area (Å²) in [6.07, 6.45) is 1.20. The Morgan fingerprint density at radius 3 is 2.44 bits per heavy atom. The smallest absolute Gasteiger partial charge is 0.339 e. The normalized spacial score (nSPS) is 15.1. The molecule has 0 aliphatic carbocycles. The molecule has 0 N–H and O–H groups in total. The Hall–Kier alpha value is -2.94. The van der Waals surface area contributed by atoms with E-state index in [0.717, 1.165) is 5.56 Å². The molecule has 0 bridgehead atoms. The molecular weight excluding hydrogens is 437 g/mol. The summed E-state index contributed by atoms with van der Waals surface area (Å²) in [6.45, 7) is 0.873. The number of alkyl halides is 3. The van der Waals surface area contributed by atoms with Crippen molar-refractivity contribution in [3.8, 4) is 11.1 Å². The van der Waals surface area contributed by atoms with E-state index in [1.54, 1.807) is 23.2 Å². The Morgan fingerprint density at radius 1 is 1.06 bits per heavy atom. The lowest BCUT2D eigenvalue weighted by Gasteiger charge is -2.33. The molecular formula is C23H21F3N4OS. The number of nitrogens with zero attached hydrogens (tertiary/aromatic N) is 4. The van der Waals surface area contributed by atoms with E-state index in [1.165, 1.54) is 18.0 Å². The predicted molar refractivity (Wildman–Crippen MR) is 116 cm³/mol. The van der Waals surface area contributed by atoms with Crippen LogP contribution in [0.25, 0.3) is 11.1 Å². The minimum absolute atomic E-state index is 0.108. The molecule has 5 nitrogen and oxygen atoms in total. The van der Waals surface area contributed by atoms with E-state index in [2.05, 4.69) is 15.0 Å². The zero-order chi connectivity index (χ0) is 22.7. The zero-order valence-electron chi connectivity index (χ0n) is 17.3. The van der Waals surface area contributed by atoms with Crippen molar-refractivity contribution < 1.29 is 18.0 Å². The Kier molecular flexibility index (Phi) is 6.45. The monoisotopic (exact) mass is 458 g/mol. The summed E-state index contributed by atoms with van der Waals surface area (Å²) < 4.78 is 39.9. The lowest BCUT2D eigenvalue weighted by atomic mass is 9.88. The van der Waals surface area contributed by atoms with Crippen molar-refractivity contribution in [3.05, 3.63) is 71.9 Å². The largest absolute Gasteiger partial charge is 0.451 e. The fourth-order valence-corrected chi connectivity index (χ4v) is 4.47. The number of benzene rings is 1. The van der Waals surface area contributed by atoms with Crippen LogP contribution in [-0.4, -0.2) is 45.1 Å². The van der Waals surface area contributed by atoms with Crippen molar-refractivity contribution in [2.75, 3.05) is 19.3 Å². The number of rotatable bonds is 4. The molecule has 0 atom stereocenters. The molecule has 32 heavy (non-hydrogen) atoms. The van der Waals surface area contributed by atoms with Crippen LogP contribution in [0.5, 0.6) is 0 Å². The molecule has 1 saturated heterocycles. The minimum Gasteiger partial charge on any atom is -0.339 e. The van der Waals surface area contributed by atoms with Crippen LogP contribution < -0.4 is 0 Å². The van der Waals surface area contributed by atoms with Crippen LogP contribution in [0, 0.1) is 0 Å². The van der Waals surface area contributed by atoms with Gasteiger partial charge in [-0.15, -0.1) is 11.8 Å². The lowest BCUT2D eigenvalue weighted by Crippen LogP contribution is -2.38. The quantitative estimate of drug-likeness (QED) is 0.497. The first kappa shape index (κ1) is 22.3. The number of pyridine rings is 1. The van der Waals surface area contributed by atoms with E-state index in [-0.39, 0.29) is 11.8 Å². The fraction of sp³-hybridized carbons (Fsp3) is 0.304. The number of carbonyl (C=O) groups is 1.